The van der Waals surface area contributed by atoms with Crippen molar-refractivity contribution in [2.45, 2.75) is 6.92 Å². The lowest BCUT2D eigenvalue weighted by Gasteiger charge is -1.76. The lowest BCUT2D eigenvalue weighted by atomic mass is 10.9. The first kappa shape index (κ1) is 10.8. The zero-order valence-electron chi connectivity index (χ0n) is 4.60. The van der Waals surface area contributed by atoms with Gasteiger partial charge in [-0.15, -0.1) is 0 Å². The standard InChI is InChI=1S/C2H4O3.CH2O3/c1-2(3)5-4;2-1-4-3/h4H,1H3;1,3H. The SMILES string of the molecule is CC(=O)OO.O=COO. The summed E-state index contributed by atoms with van der Waals surface area (Å²) in [5.74, 6) is -0.690. The summed E-state index contributed by atoms with van der Waals surface area (Å²) in [4.78, 5) is 24.0. The van der Waals surface area contributed by atoms with Crippen LogP contribution in [0.25, 0.3) is 0 Å². The van der Waals surface area contributed by atoms with Gasteiger partial charge in [-0.1, -0.05) is 0 Å². The Morgan fingerprint density at radius 3 is 1.78 bits per heavy atom. The molecular weight excluding hydrogens is 132 g/mol. The van der Waals surface area contributed by atoms with Crippen molar-refractivity contribution in [1.82, 2.24) is 0 Å². The lowest BCUT2D eigenvalue weighted by molar-refractivity contribution is -0.231. The maximum absolute atomic E-state index is 9.34. The molecular formula is C3H6O6. The van der Waals surface area contributed by atoms with Gasteiger partial charge in [0.15, 0.2) is 0 Å². The minimum atomic E-state index is -0.690. The Balaban J connectivity index is 0. The van der Waals surface area contributed by atoms with Crippen LogP contribution in [0, 0.1) is 0 Å². The van der Waals surface area contributed by atoms with Crippen LogP contribution >= 0.6 is 0 Å². The monoisotopic (exact) mass is 138 g/mol. The number of hydrogen-bond acceptors (Lipinski definition) is 6. The van der Waals surface area contributed by atoms with Gasteiger partial charge in [-0.2, -0.15) is 5.26 Å². The molecule has 0 atom stereocenters. The molecule has 0 amide bonds. The molecule has 0 saturated heterocycles. The van der Waals surface area contributed by atoms with Crippen LogP contribution in [0.5, 0.6) is 0 Å². The van der Waals surface area contributed by atoms with Crippen LogP contribution in [-0.4, -0.2) is 23.0 Å². The average molecular weight is 138 g/mol. The maximum atomic E-state index is 9.34. The first-order valence-corrected chi connectivity index (χ1v) is 1.74. The summed E-state index contributed by atoms with van der Waals surface area (Å²) in [7, 11) is 0. The number of rotatable bonds is 1. The van der Waals surface area contributed by atoms with E-state index in [0.717, 1.165) is 6.92 Å². The number of carbonyl (C=O) groups is 2. The van der Waals surface area contributed by atoms with Crippen molar-refractivity contribution >= 4 is 12.4 Å². The Kier molecular flexibility index (Phi) is 11.9. The predicted molar refractivity (Wildman–Crippen MR) is 24.2 cm³/mol. The zero-order valence-corrected chi connectivity index (χ0v) is 4.60. The van der Waals surface area contributed by atoms with Crippen molar-refractivity contribution < 1.29 is 29.9 Å². The predicted octanol–water partition coefficient (Wildman–Crippen LogP) is -0.345. The molecule has 6 nitrogen and oxygen atoms in total. The molecule has 0 bridgehead atoms. The molecule has 0 unspecified atom stereocenters. The summed E-state index contributed by atoms with van der Waals surface area (Å²) in [6, 6.07) is 0. The Labute approximate surface area is 50.5 Å². The molecule has 2 N–H and O–H groups in total. The van der Waals surface area contributed by atoms with Crippen LogP contribution in [0.2, 0.25) is 0 Å². The van der Waals surface area contributed by atoms with Gasteiger partial charge in [-0.3, -0.25) is 4.79 Å². The average Bonchev–Trinajstić information content (AvgIpc) is 1.89. The minimum Gasteiger partial charge on any atom is -0.304 e. The van der Waals surface area contributed by atoms with Crippen LogP contribution in [-0.2, 0) is 19.4 Å². The highest BCUT2D eigenvalue weighted by molar-refractivity contribution is 5.64. The summed E-state index contributed by atoms with van der Waals surface area (Å²) in [6.07, 6.45) is 0. The van der Waals surface area contributed by atoms with E-state index < -0.39 is 5.97 Å². The van der Waals surface area contributed by atoms with Gasteiger partial charge in [0.2, 0.25) is 0 Å². The van der Waals surface area contributed by atoms with Crippen LogP contribution in [0.15, 0.2) is 0 Å². The van der Waals surface area contributed by atoms with Gasteiger partial charge in [-0.25, -0.2) is 10.1 Å². The Morgan fingerprint density at radius 1 is 1.56 bits per heavy atom. The van der Waals surface area contributed by atoms with E-state index in [4.69, 9.17) is 15.3 Å². The molecule has 0 rings (SSSR count). The molecule has 0 heterocycles. The summed E-state index contributed by atoms with van der Waals surface area (Å²) in [6.45, 7) is 1.04. The maximum Gasteiger partial charge on any atom is 0.339 e. The Bertz CT molecular complexity index is 78.4. The molecule has 0 radical (unpaired) electrons. The Hall–Kier alpha value is -1.14. The summed E-state index contributed by atoms with van der Waals surface area (Å²) < 4.78 is 0. The zero-order chi connectivity index (χ0) is 7.70. The number of hydrogen-bond donors (Lipinski definition) is 2. The van der Waals surface area contributed by atoms with Crippen molar-refractivity contribution in [3.63, 3.8) is 0 Å². The third-order valence-corrected chi connectivity index (χ3v) is 0.172. The van der Waals surface area contributed by atoms with Crippen molar-refractivity contribution in [3.8, 4) is 0 Å². The first-order valence-electron chi connectivity index (χ1n) is 1.74. The van der Waals surface area contributed by atoms with Crippen molar-refractivity contribution in [2.24, 2.45) is 0 Å². The summed E-state index contributed by atoms with van der Waals surface area (Å²) in [5.41, 5.74) is 0. The second-order valence-electron chi connectivity index (χ2n) is 0.785. The third kappa shape index (κ3) is 46.8. The lowest BCUT2D eigenvalue weighted by Crippen LogP contribution is -1.89. The van der Waals surface area contributed by atoms with Crippen LogP contribution in [0.1, 0.15) is 6.92 Å². The molecule has 0 fully saturated rings. The minimum absolute atomic E-state index is 0.0694. The molecule has 0 aromatic rings. The van der Waals surface area contributed by atoms with Crippen LogP contribution in [0.4, 0.5) is 0 Å². The molecule has 0 saturated carbocycles. The third-order valence-electron chi connectivity index (χ3n) is 0.172. The smallest absolute Gasteiger partial charge is 0.304 e. The normalized spacial score (nSPS) is 6.11. The summed E-state index contributed by atoms with van der Waals surface area (Å²) in [5, 5.41) is 14.3. The van der Waals surface area contributed by atoms with E-state index in [1.807, 2.05) is 0 Å². The highest BCUT2D eigenvalue weighted by Crippen LogP contribution is 1.59. The van der Waals surface area contributed by atoms with E-state index in [2.05, 4.69) is 9.78 Å². The first-order chi connectivity index (χ1) is 4.18. The van der Waals surface area contributed by atoms with Crippen molar-refractivity contribution in [3.05, 3.63) is 0 Å². The van der Waals surface area contributed by atoms with Gasteiger partial charge >= 0.3 is 12.4 Å². The van der Waals surface area contributed by atoms with Crippen molar-refractivity contribution in [1.29, 1.82) is 0 Å². The second kappa shape index (κ2) is 9.97. The second-order valence-corrected chi connectivity index (χ2v) is 0.785. The van der Waals surface area contributed by atoms with E-state index in [-0.39, 0.29) is 6.47 Å². The quantitative estimate of drug-likeness (QED) is 0.292. The molecule has 0 aliphatic rings. The van der Waals surface area contributed by atoms with Crippen LogP contribution < -0.4 is 0 Å². The molecule has 6 heteroatoms. The van der Waals surface area contributed by atoms with Gasteiger partial charge in [0.25, 0.3) is 0 Å². The van der Waals surface area contributed by atoms with E-state index in [9.17, 15) is 4.79 Å². The highest BCUT2D eigenvalue weighted by Gasteiger charge is 1.79. The molecule has 54 valence electrons. The fourth-order valence-corrected chi connectivity index (χ4v) is 0. The molecule has 9 heavy (non-hydrogen) atoms. The highest BCUT2D eigenvalue weighted by atomic mass is 17.1. The molecule has 0 aromatic heterocycles. The van der Waals surface area contributed by atoms with Gasteiger partial charge in [0.1, 0.15) is 0 Å². The fourth-order valence-electron chi connectivity index (χ4n) is 0. The molecule has 0 aliphatic carbocycles. The van der Waals surface area contributed by atoms with Gasteiger partial charge in [0.05, 0.1) is 0 Å². The van der Waals surface area contributed by atoms with Gasteiger partial charge < -0.3 is 9.78 Å². The fraction of sp³-hybridized carbons (Fsp3) is 0.333. The van der Waals surface area contributed by atoms with E-state index in [0.29, 0.717) is 0 Å². The molecule has 0 aliphatic heterocycles. The Morgan fingerprint density at radius 2 is 1.78 bits per heavy atom. The van der Waals surface area contributed by atoms with Gasteiger partial charge in [-0.05, 0) is 0 Å². The molecule has 0 aromatic carbocycles. The topological polar surface area (TPSA) is 93.1 Å². The largest absolute Gasteiger partial charge is 0.339 e. The van der Waals surface area contributed by atoms with E-state index in [1.54, 1.807) is 0 Å². The van der Waals surface area contributed by atoms with Crippen LogP contribution in [0.3, 0.4) is 0 Å². The molecule has 0 spiro atoms. The number of carbonyl (C=O) groups excluding carboxylic acids is 2. The van der Waals surface area contributed by atoms with Gasteiger partial charge in [0, 0.05) is 6.92 Å². The van der Waals surface area contributed by atoms with E-state index in [1.165, 1.54) is 0 Å². The van der Waals surface area contributed by atoms with Crippen molar-refractivity contribution in [2.75, 3.05) is 0 Å². The van der Waals surface area contributed by atoms with E-state index >= 15 is 0 Å². The summed E-state index contributed by atoms with van der Waals surface area (Å²) >= 11 is 0.